The minimum Gasteiger partial charge on any atom is -0.493 e. The van der Waals surface area contributed by atoms with Crippen LogP contribution in [0.1, 0.15) is 11.1 Å². The summed E-state index contributed by atoms with van der Waals surface area (Å²) in [6.07, 6.45) is 1.49. The molecule has 0 aliphatic carbocycles. The molecule has 2 aromatic carbocycles. The summed E-state index contributed by atoms with van der Waals surface area (Å²) >= 11 is 0. The lowest BCUT2D eigenvalue weighted by Gasteiger charge is -2.12. The second-order valence-corrected chi connectivity index (χ2v) is 6.04. The molecule has 2 aromatic rings. The van der Waals surface area contributed by atoms with Crippen molar-refractivity contribution in [3.63, 3.8) is 0 Å². The molecule has 10 heteroatoms. The molecule has 8 nitrogen and oxygen atoms in total. The number of benzene rings is 2. The Bertz CT molecular complexity index is 1030. The molecule has 0 saturated heterocycles. The van der Waals surface area contributed by atoms with Crippen LogP contribution >= 0.6 is 0 Å². The standard InChI is InChI=1S/C21H19F2NO7/c1-26-15-10-12(5-6-14(15)30-21(22)23)19-24-13(20(25)31-19)7-11-8-16(27-2)18(29-4)17(9-11)28-3/h5-10,21H,1-4H3/b13-7-. The van der Waals surface area contributed by atoms with Crippen LogP contribution in [-0.2, 0) is 9.53 Å². The molecule has 0 atom stereocenters. The van der Waals surface area contributed by atoms with Crippen molar-refractivity contribution in [3.8, 4) is 28.7 Å². The van der Waals surface area contributed by atoms with Crippen LogP contribution in [0.5, 0.6) is 28.7 Å². The summed E-state index contributed by atoms with van der Waals surface area (Å²) in [6.45, 7) is -3.01. The highest BCUT2D eigenvalue weighted by Crippen LogP contribution is 2.39. The molecule has 0 fully saturated rings. The first-order chi connectivity index (χ1) is 14.9. The van der Waals surface area contributed by atoms with Crippen molar-refractivity contribution in [2.45, 2.75) is 6.61 Å². The monoisotopic (exact) mass is 435 g/mol. The Morgan fingerprint density at radius 2 is 1.55 bits per heavy atom. The van der Waals surface area contributed by atoms with Crippen LogP contribution in [0.25, 0.3) is 6.08 Å². The first-order valence-electron chi connectivity index (χ1n) is 8.86. The van der Waals surface area contributed by atoms with Gasteiger partial charge in [0.25, 0.3) is 0 Å². The Kier molecular flexibility index (Phi) is 6.58. The van der Waals surface area contributed by atoms with Gasteiger partial charge in [0.15, 0.2) is 28.7 Å². The number of methoxy groups -OCH3 is 4. The Balaban J connectivity index is 1.96. The highest BCUT2D eigenvalue weighted by molar-refractivity contribution is 6.13. The number of esters is 1. The number of aliphatic imine (C=N–C) groups is 1. The highest BCUT2D eigenvalue weighted by Gasteiger charge is 2.26. The van der Waals surface area contributed by atoms with Gasteiger partial charge >= 0.3 is 12.6 Å². The molecule has 0 bridgehead atoms. The van der Waals surface area contributed by atoms with E-state index in [1.54, 1.807) is 12.1 Å². The number of nitrogens with zero attached hydrogens (tertiary/aromatic N) is 1. The van der Waals surface area contributed by atoms with Crippen LogP contribution in [-0.4, -0.2) is 46.9 Å². The van der Waals surface area contributed by atoms with Gasteiger partial charge in [0.05, 0.1) is 28.4 Å². The minimum atomic E-state index is -3.01. The van der Waals surface area contributed by atoms with Crippen LogP contribution in [0.3, 0.4) is 0 Å². The zero-order chi connectivity index (χ0) is 22.5. The first-order valence-corrected chi connectivity index (χ1v) is 8.86. The Morgan fingerprint density at radius 3 is 2.10 bits per heavy atom. The van der Waals surface area contributed by atoms with Gasteiger partial charge in [0.1, 0.15) is 0 Å². The van der Waals surface area contributed by atoms with E-state index in [9.17, 15) is 13.6 Å². The molecule has 1 heterocycles. The third-order valence-corrected chi connectivity index (χ3v) is 4.24. The Hall–Kier alpha value is -3.82. The van der Waals surface area contributed by atoms with Crippen LogP contribution in [0.15, 0.2) is 41.0 Å². The van der Waals surface area contributed by atoms with Gasteiger partial charge in [0, 0.05) is 5.56 Å². The third-order valence-electron chi connectivity index (χ3n) is 4.24. The van der Waals surface area contributed by atoms with E-state index in [2.05, 4.69) is 9.73 Å². The SMILES string of the molecule is COc1cc(C2=N/C(=C\c3cc(OC)c(OC)c(OC)c3)C(=O)O2)ccc1OC(F)F. The highest BCUT2D eigenvalue weighted by atomic mass is 19.3. The molecule has 0 saturated carbocycles. The summed E-state index contributed by atoms with van der Waals surface area (Å²) in [7, 11) is 5.73. The summed E-state index contributed by atoms with van der Waals surface area (Å²) in [6, 6.07) is 7.38. The smallest absolute Gasteiger partial charge is 0.387 e. The Labute approximate surface area is 176 Å². The van der Waals surface area contributed by atoms with Crippen molar-refractivity contribution in [2.75, 3.05) is 28.4 Å². The molecule has 0 unspecified atom stereocenters. The number of halogens is 2. The van der Waals surface area contributed by atoms with E-state index in [-0.39, 0.29) is 23.1 Å². The van der Waals surface area contributed by atoms with Gasteiger partial charge in [-0.2, -0.15) is 8.78 Å². The molecule has 164 valence electrons. The molecule has 0 amide bonds. The fourth-order valence-corrected chi connectivity index (χ4v) is 2.87. The van der Waals surface area contributed by atoms with Crippen molar-refractivity contribution in [1.82, 2.24) is 0 Å². The summed E-state index contributed by atoms with van der Waals surface area (Å²) in [4.78, 5) is 16.5. The van der Waals surface area contributed by atoms with Gasteiger partial charge in [0.2, 0.25) is 11.6 Å². The second kappa shape index (κ2) is 9.33. The largest absolute Gasteiger partial charge is 0.493 e. The molecule has 3 rings (SSSR count). The number of hydrogen-bond donors (Lipinski definition) is 0. The molecular weight excluding hydrogens is 416 g/mol. The summed E-state index contributed by atoms with van der Waals surface area (Å²) in [5.41, 5.74) is 0.931. The van der Waals surface area contributed by atoms with Gasteiger partial charge in [-0.3, -0.25) is 0 Å². The van der Waals surface area contributed by atoms with Crippen molar-refractivity contribution in [2.24, 2.45) is 4.99 Å². The lowest BCUT2D eigenvalue weighted by Crippen LogP contribution is -2.07. The first kappa shape index (κ1) is 21.9. The van der Waals surface area contributed by atoms with Gasteiger partial charge in [-0.15, -0.1) is 0 Å². The minimum absolute atomic E-state index is 0.00871. The van der Waals surface area contributed by atoms with E-state index < -0.39 is 12.6 Å². The number of alkyl halides is 2. The van der Waals surface area contributed by atoms with Crippen LogP contribution in [0.4, 0.5) is 8.78 Å². The fraction of sp³-hybridized carbons (Fsp3) is 0.238. The molecule has 1 aliphatic heterocycles. The lowest BCUT2D eigenvalue weighted by atomic mass is 10.1. The summed E-state index contributed by atoms with van der Waals surface area (Å²) < 4.78 is 55.5. The normalized spacial score (nSPS) is 14.4. The van der Waals surface area contributed by atoms with E-state index >= 15 is 0 Å². The molecule has 31 heavy (non-hydrogen) atoms. The molecule has 0 radical (unpaired) electrons. The quantitative estimate of drug-likeness (QED) is 0.462. The van der Waals surface area contributed by atoms with E-state index in [1.807, 2.05) is 0 Å². The number of hydrogen-bond acceptors (Lipinski definition) is 8. The molecule has 0 aromatic heterocycles. The fourth-order valence-electron chi connectivity index (χ4n) is 2.87. The van der Waals surface area contributed by atoms with Gasteiger partial charge in [-0.05, 0) is 42.0 Å². The number of rotatable bonds is 8. The molecular formula is C21H19F2NO7. The van der Waals surface area contributed by atoms with Crippen molar-refractivity contribution < 1.29 is 42.0 Å². The van der Waals surface area contributed by atoms with E-state index in [0.717, 1.165) is 0 Å². The maximum Gasteiger partial charge on any atom is 0.387 e. The van der Waals surface area contributed by atoms with Crippen LogP contribution < -0.4 is 23.7 Å². The van der Waals surface area contributed by atoms with Crippen molar-refractivity contribution in [3.05, 3.63) is 47.2 Å². The third kappa shape index (κ3) is 4.68. The van der Waals surface area contributed by atoms with Gasteiger partial charge in [-0.25, -0.2) is 9.79 Å². The summed E-state index contributed by atoms with van der Waals surface area (Å²) in [5, 5.41) is 0. The lowest BCUT2D eigenvalue weighted by molar-refractivity contribution is -0.129. The number of cyclic esters (lactones) is 1. The average Bonchev–Trinajstić information content (AvgIpc) is 3.12. The van der Waals surface area contributed by atoms with Crippen LogP contribution in [0.2, 0.25) is 0 Å². The van der Waals surface area contributed by atoms with Crippen molar-refractivity contribution in [1.29, 1.82) is 0 Å². The zero-order valence-electron chi connectivity index (χ0n) is 17.1. The van der Waals surface area contributed by atoms with E-state index in [4.69, 9.17) is 23.7 Å². The number of ether oxygens (including phenoxy) is 6. The summed E-state index contributed by atoms with van der Waals surface area (Å²) in [5.74, 6) is 0.412. The van der Waals surface area contributed by atoms with Crippen molar-refractivity contribution >= 4 is 17.9 Å². The maximum absolute atomic E-state index is 12.5. The number of carbonyl (C=O) groups is 1. The predicted molar refractivity (Wildman–Crippen MR) is 106 cm³/mol. The molecule has 0 spiro atoms. The molecule has 0 N–H and O–H groups in total. The van der Waals surface area contributed by atoms with E-state index in [0.29, 0.717) is 28.4 Å². The average molecular weight is 435 g/mol. The maximum atomic E-state index is 12.5. The van der Waals surface area contributed by atoms with Gasteiger partial charge < -0.3 is 28.4 Å². The topological polar surface area (TPSA) is 84.8 Å². The molecule has 1 aliphatic rings. The predicted octanol–water partition coefficient (Wildman–Crippen LogP) is 3.67. The van der Waals surface area contributed by atoms with E-state index in [1.165, 1.54) is 52.7 Å². The Morgan fingerprint density at radius 1 is 0.903 bits per heavy atom. The van der Waals surface area contributed by atoms with Gasteiger partial charge in [-0.1, -0.05) is 0 Å². The van der Waals surface area contributed by atoms with Crippen LogP contribution in [0, 0.1) is 0 Å². The second-order valence-electron chi connectivity index (χ2n) is 6.04. The zero-order valence-corrected chi connectivity index (χ0v) is 17.1. The number of carbonyl (C=O) groups excluding carboxylic acids is 1.